The summed E-state index contributed by atoms with van der Waals surface area (Å²) in [4.78, 5) is 11.3. The smallest absolute Gasteiger partial charge is 0.151 e. The monoisotopic (exact) mass is 217 g/mol. The number of hydrogen-bond donors (Lipinski definition) is 0. The highest BCUT2D eigenvalue weighted by Crippen LogP contribution is 2.27. The quantitative estimate of drug-likeness (QED) is 0.779. The fourth-order valence-corrected chi connectivity index (χ4v) is 1.46. The Labute approximate surface area is 95.7 Å². The summed E-state index contributed by atoms with van der Waals surface area (Å²) in [6.07, 6.45) is 0.0208. The van der Waals surface area contributed by atoms with E-state index in [1.54, 1.807) is 18.2 Å². The van der Waals surface area contributed by atoms with E-state index in [-0.39, 0.29) is 11.9 Å². The van der Waals surface area contributed by atoms with Crippen LogP contribution in [-0.2, 0) is 4.79 Å². The molecule has 0 aromatic heterocycles. The maximum Gasteiger partial charge on any atom is 0.151 e. The molecule has 0 aliphatic rings. The van der Waals surface area contributed by atoms with Crippen LogP contribution in [0.3, 0.4) is 0 Å². The molecule has 1 rings (SSSR count). The molecule has 0 saturated carbocycles. The highest BCUT2D eigenvalue weighted by Gasteiger charge is 2.20. The topological polar surface area (TPSA) is 50.1 Å². The van der Waals surface area contributed by atoms with Gasteiger partial charge in [0.1, 0.15) is 11.7 Å². The molecule has 1 atom stereocenters. The van der Waals surface area contributed by atoms with Gasteiger partial charge in [0.2, 0.25) is 0 Å². The van der Waals surface area contributed by atoms with E-state index in [2.05, 4.69) is 0 Å². The normalized spacial score (nSPS) is 11.9. The molecule has 1 aromatic rings. The lowest BCUT2D eigenvalue weighted by Crippen LogP contribution is -2.12. The maximum absolute atomic E-state index is 11.3. The average Bonchev–Trinajstić information content (AvgIpc) is 2.20. The van der Waals surface area contributed by atoms with Crippen LogP contribution in [-0.4, -0.2) is 11.9 Å². The van der Waals surface area contributed by atoms with Crippen molar-refractivity contribution in [3.8, 4) is 11.8 Å². The third-order valence-electron chi connectivity index (χ3n) is 2.13. The second-order valence-electron chi connectivity index (χ2n) is 3.88. The van der Waals surface area contributed by atoms with Crippen molar-refractivity contribution in [3.63, 3.8) is 0 Å². The van der Waals surface area contributed by atoms with E-state index in [0.717, 1.165) is 0 Å². The Kier molecular flexibility index (Phi) is 4.07. The molecule has 0 N–H and O–H groups in total. The molecular formula is C13H15NO2. The molecular weight excluding hydrogens is 202 g/mol. The standard InChI is InChI=1S/C13H15NO2/c1-9(2)16-13-7-5-4-6-11(13)12(8-14)10(3)15/h4-7,9,12H,1-3H3. The van der Waals surface area contributed by atoms with Crippen LogP contribution in [0.4, 0.5) is 0 Å². The molecule has 3 heteroatoms. The van der Waals surface area contributed by atoms with Crippen molar-refractivity contribution in [2.24, 2.45) is 0 Å². The van der Waals surface area contributed by atoms with Gasteiger partial charge in [-0.25, -0.2) is 0 Å². The molecule has 0 bridgehead atoms. The van der Waals surface area contributed by atoms with Gasteiger partial charge in [-0.15, -0.1) is 0 Å². The summed E-state index contributed by atoms with van der Waals surface area (Å²) >= 11 is 0. The van der Waals surface area contributed by atoms with Gasteiger partial charge in [-0.3, -0.25) is 4.79 Å². The van der Waals surface area contributed by atoms with Gasteiger partial charge in [0.05, 0.1) is 12.2 Å². The third-order valence-corrected chi connectivity index (χ3v) is 2.13. The number of benzene rings is 1. The minimum Gasteiger partial charge on any atom is -0.491 e. The van der Waals surface area contributed by atoms with Gasteiger partial charge in [-0.05, 0) is 26.8 Å². The van der Waals surface area contributed by atoms with Crippen molar-refractivity contribution in [3.05, 3.63) is 29.8 Å². The Morgan fingerprint density at radius 1 is 1.38 bits per heavy atom. The molecule has 0 aliphatic heterocycles. The molecule has 0 saturated heterocycles. The van der Waals surface area contributed by atoms with Crippen molar-refractivity contribution in [1.82, 2.24) is 0 Å². The molecule has 0 spiro atoms. The summed E-state index contributed by atoms with van der Waals surface area (Å²) < 4.78 is 5.57. The Morgan fingerprint density at radius 3 is 2.50 bits per heavy atom. The number of Topliss-reactive ketones (excluding diaryl/α,β-unsaturated/α-hetero) is 1. The molecule has 84 valence electrons. The van der Waals surface area contributed by atoms with Crippen molar-refractivity contribution in [2.45, 2.75) is 32.8 Å². The van der Waals surface area contributed by atoms with Crippen molar-refractivity contribution in [1.29, 1.82) is 5.26 Å². The first kappa shape index (κ1) is 12.3. The number of para-hydroxylation sites is 1. The number of hydrogen-bond acceptors (Lipinski definition) is 3. The number of carbonyl (C=O) groups excluding carboxylic acids is 1. The van der Waals surface area contributed by atoms with Crippen LogP contribution < -0.4 is 4.74 Å². The zero-order chi connectivity index (χ0) is 12.1. The Bertz CT molecular complexity index is 418. The summed E-state index contributed by atoms with van der Waals surface area (Å²) in [5.74, 6) is -0.295. The zero-order valence-corrected chi connectivity index (χ0v) is 9.73. The number of nitriles is 1. The number of nitrogens with zero attached hydrogens (tertiary/aromatic N) is 1. The molecule has 0 radical (unpaired) electrons. The summed E-state index contributed by atoms with van der Waals surface area (Å²) in [6, 6.07) is 9.17. The molecule has 0 amide bonds. The van der Waals surface area contributed by atoms with E-state index in [1.807, 2.05) is 26.0 Å². The first-order valence-corrected chi connectivity index (χ1v) is 5.22. The summed E-state index contributed by atoms with van der Waals surface area (Å²) in [6.45, 7) is 5.23. The molecule has 1 aromatic carbocycles. The second-order valence-corrected chi connectivity index (χ2v) is 3.88. The Balaban J connectivity index is 3.12. The van der Waals surface area contributed by atoms with E-state index in [1.165, 1.54) is 6.92 Å². The second kappa shape index (κ2) is 5.32. The Hall–Kier alpha value is -1.82. The van der Waals surface area contributed by atoms with Crippen molar-refractivity contribution < 1.29 is 9.53 Å². The molecule has 0 aliphatic carbocycles. The van der Waals surface area contributed by atoms with E-state index in [9.17, 15) is 4.79 Å². The lowest BCUT2D eigenvalue weighted by atomic mass is 9.96. The van der Waals surface area contributed by atoms with Crippen LogP contribution in [0.5, 0.6) is 5.75 Å². The van der Waals surface area contributed by atoms with Crippen LogP contribution in [0, 0.1) is 11.3 Å². The van der Waals surface area contributed by atoms with Crippen LogP contribution in [0.1, 0.15) is 32.3 Å². The SMILES string of the molecule is CC(=O)C(C#N)c1ccccc1OC(C)C. The molecule has 3 nitrogen and oxygen atoms in total. The largest absolute Gasteiger partial charge is 0.491 e. The Morgan fingerprint density at radius 2 is 2.00 bits per heavy atom. The predicted octanol–water partition coefficient (Wildman–Crippen LogP) is 2.67. The summed E-state index contributed by atoms with van der Waals surface area (Å²) in [5.41, 5.74) is 0.645. The minimum absolute atomic E-state index is 0.0208. The number of rotatable bonds is 4. The van der Waals surface area contributed by atoms with E-state index in [4.69, 9.17) is 10.00 Å². The van der Waals surface area contributed by atoms with Gasteiger partial charge in [-0.2, -0.15) is 5.26 Å². The highest BCUT2D eigenvalue weighted by atomic mass is 16.5. The molecule has 1 unspecified atom stereocenters. The highest BCUT2D eigenvalue weighted by molar-refractivity contribution is 5.86. The van der Waals surface area contributed by atoms with E-state index >= 15 is 0 Å². The number of ketones is 1. The molecule has 16 heavy (non-hydrogen) atoms. The summed E-state index contributed by atoms with van der Waals surface area (Å²) in [5, 5.41) is 8.98. The van der Waals surface area contributed by atoms with Gasteiger partial charge in [0.15, 0.2) is 5.78 Å². The number of ether oxygens (including phenoxy) is 1. The van der Waals surface area contributed by atoms with Gasteiger partial charge in [0, 0.05) is 5.56 Å². The molecule has 0 fully saturated rings. The zero-order valence-electron chi connectivity index (χ0n) is 9.73. The fourth-order valence-electron chi connectivity index (χ4n) is 1.46. The lowest BCUT2D eigenvalue weighted by Gasteiger charge is -2.15. The van der Waals surface area contributed by atoms with E-state index in [0.29, 0.717) is 11.3 Å². The fraction of sp³-hybridized carbons (Fsp3) is 0.385. The van der Waals surface area contributed by atoms with Crippen molar-refractivity contribution in [2.75, 3.05) is 0 Å². The van der Waals surface area contributed by atoms with Crippen LogP contribution in [0.15, 0.2) is 24.3 Å². The first-order valence-electron chi connectivity index (χ1n) is 5.22. The van der Waals surface area contributed by atoms with Gasteiger partial charge < -0.3 is 4.74 Å². The number of carbonyl (C=O) groups is 1. The van der Waals surface area contributed by atoms with Crippen molar-refractivity contribution >= 4 is 5.78 Å². The minimum atomic E-state index is -0.741. The maximum atomic E-state index is 11.3. The third kappa shape index (κ3) is 2.83. The van der Waals surface area contributed by atoms with Crippen LogP contribution in [0.2, 0.25) is 0 Å². The predicted molar refractivity (Wildman–Crippen MR) is 61.2 cm³/mol. The molecule has 0 heterocycles. The van der Waals surface area contributed by atoms with Crippen LogP contribution >= 0.6 is 0 Å². The first-order chi connectivity index (χ1) is 7.56. The van der Waals surface area contributed by atoms with Gasteiger partial charge in [0.25, 0.3) is 0 Å². The summed E-state index contributed by atoms with van der Waals surface area (Å²) in [7, 11) is 0. The van der Waals surface area contributed by atoms with Gasteiger partial charge >= 0.3 is 0 Å². The average molecular weight is 217 g/mol. The van der Waals surface area contributed by atoms with E-state index < -0.39 is 5.92 Å². The van der Waals surface area contributed by atoms with Crippen LogP contribution in [0.25, 0.3) is 0 Å². The lowest BCUT2D eigenvalue weighted by molar-refractivity contribution is -0.117. The van der Waals surface area contributed by atoms with Gasteiger partial charge in [-0.1, -0.05) is 18.2 Å².